The normalized spacial score (nSPS) is 19.3. The van der Waals surface area contributed by atoms with E-state index in [0.29, 0.717) is 10.2 Å². The van der Waals surface area contributed by atoms with E-state index in [9.17, 15) is 9.59 Å². The Kier molecular flexibility index (Phi) is 3.63. The second kappa shape index (κ2) is 5.01. The second-order valence-electron chi connectivity index (χ2n) is 4.13. The molecule has 1 saturated heterocycles. The van der Waals surface area contributed by atoms with Gasteiger partial charge in [-0.3, -0.25) is 9.59 Å². The highest BCUT2D eigenvalue weighted by molar-refractivity contribution is 9.10. The fourth-order valence-corrected chi connectivity index (χ4v) is 2.40. The van der Waals surface area contributed by atoms with Gasteiger partial charge in [-0.1, -0.05) is 0 Å². The monoisotopic (exact) mass is 299 g/mol. The number of hydrogen-bond donors (Lipinski definition) is 2. The predicted octanol–water partition coefficient (Wildman–Crippen LogP) is 0.838. The van der Waals surface area contributed by atoms with Crippen molar-refractivity contribution in [1.29, 1.82) is 0 Å². The van der Waals surface area contributed by atoms with Crippen LogP contribution in [0.1, 0.15) is 12.8 Å². The van der Waals surface area contributed by atoms with Crippen LogP contribution in [0.3, 0.4) is 0 Å². The number of aryl methyl sites for hydroxylation is 1. The molecule has 1 aliphatic heterocycles. The van der Waals surface area contributed by atoms with Gasteiger partial charge in [0.25, 0.3) is 5.56 Å². The minimum absolute atomic E-state index is 0.0481. The van der Waals surface area contributed by atoms with Crippen LogP contribution in [0.15, 0.2) is 21.5 Å². The lowest BCUT2D eigenvalue weighted by molar-refractivity contribution is -0.117. The molecule has 2 rings (SSSR count). The molecule has 0 saturated carbocycles. The highest BCUT2D eigenvalue weighted by atomic mass is 79.9. The van der Waals surface area contributed by atoms with Crippen LogP contribution in [-0.2, 0) is 11.8 Å². The number of anilines is 1. The highest BCUT2D eigenvalue weighted by Gasteiger charge is 2.22. The number of rotatable bonds is 2. The summed E-state index contributed by atoms with van der Waals surface area (Å²) in [5.41, 5.74) is 0.500. The number of hydrogen-bond acceptors (Lipinski definition) is 3. The Morgan fingerprint density at radius 3 is 3.00 bits per heavy atom. The first-order valence-electron chi connectivity index (χ1n) is 5.48. The molecular weight excluding hydrogens is 286 g/mol. The third-order valence-electron chi connectivity index (χ3n) is 2.78. The molecule has 0 bridgehead atoms. The smallest absolute Gasteiger partial charge is 0.264 e. The second-order valence-corrected chi connectivity index (χ2v) is 4.99. The first-order valence-corrected chi connectivity index (χ1v) is 6.27. The van der Waals surface area contributed by atoms with Crippen molar-refractivity contribution >= 4 is 27.5 Å². The number of pyridine rings is 1. The summed E-state index contributed by atoms with van der Waals surface area (Å²) in [5.74, 6) is -0.0481. The molecule has 1 unspecified atom stereocenters. The summed E-state index contributed by atoms with van der Waals surface area (Å²) in [7, 11) is 1.65. The molecule has 6 heteroatoms. The topological polar surface area (TPSA) is 63.1 Å². The number of carbonyl (C=O) groups excluding carboxylic acids is 1. The largest absolute Gasteiger partial charge is 0.323 e. The molecule has 1 amide bonds. The molecule has 0 radical (unpaired) electrons. The molecule has 2 heterocycles. The SMILES string of the molecule is Cn1cc(NC(=O)C2CCCN2)cc(Br)c1=O. The summed E-state index contributed by atoms with van der Waals surface area (Å²) in [5, 5.41) is 5.93. The van der Waals surface area contributed by atoms with Crippen LogP contribution in [0.4, 0.5) is 5.69 Å². The van der Waals surface area contributed by atoms with Gasteiger partial charge in [0.15, 0.2) is 0 Å². The maximum atomic E-state index is 11.8. The molecule has 5 nitrogen and oxygen atoms in total. The number of nitrogens with zero attached hydrogens (tertiary/aromatic N) is 1. The zero-order valence-electron chi connectivity index (χ0n) is 9.50. The average molecular weight is 300 g/mol. The molecule has 92 valence electrons. The predicted molar refractivity (Wildman–Crippen MR) is 69.0 cm³/mol. The fourth-order valence-electron chi connectivity index (χ4n) is 1.88. The number of amides is 1. The zero-order valence-corrected chi connectivity index (χ0v) is 11.1. The Balaban J connectivity index is 2.13. The molecule has 0 spiro atoms. The van der Waals surface area contributed by atoms with E-state index >= 15 is 0 Å². The van der Waals surface area contributed by atoms with Crippen LogP contribution in [0.2, 0.25) is 0 Å². The number of nitrogens with one attached hydrogen (secondary N) is 2. The van der Waals surface area contributed by atoms with E-state index in [2.05, 4.69) is 26.6 Å². The third kappa shape index (κ3) is 2.76. The van der Waals surface area contributed by atoms with E-state index in [1.807, 2.05) is 0 Å². The summed E-state index contributed by atoms with van der Waals surface area (Å²) in [6.07, 6.45) is 3.49. The summed E-state index contributed by atoms with van der Waals surface area (Å²) in [6.45, 7) is 0.884. The van der Waals surface area contributed by atoms with Gasteiger partial charge < -0.3 is 15.2 Å². The third-order valence-corrected chi connectivity index (χ3v) is 3.35. The molecule has 1 atom stereocenters. The molecular formula is C11H14BrN3O2. The van der Waals surface area contributed by atoms with Gasteiger partial charge in [0.1, 0.15) is 0 Å². The molecule has 1 fully saturated rings. The highest BCUT2D eigenvalue weighted by Crippen LogP contribution is 2.13. The van der Waals surface area contributed by atoms with Crippen molar-refractivity contribution < 1.29 is 4.79 Å². The Bertz CT molecular complexity index is 466. The molecule has 0 aliphatic carbocycles. The van der Waals surface area contributed by atoms with Crippen LogP contribution in [-0.4, -0.2) is 23.1 Å². The van der Waals surface area contributed by atoms with Crippen molar-refractivity contribution in [2.75, 3.05) is 11.9 Å². The van der Waals surface area contributed by atoms with Crippen LogP contribution in [0.5, 0.6) is 0 Å². The van der Waals surface area contributed by atoms with Gasteiger partial charge in [0, 0.05) is 13.2 Å². The van der Waals surface area contributed by atoms with Gasteiger partial charge in [0.2, 0.25) is 5.91 Å². The summed E-state index contributed by atoms with van der Waals surface area (Å²) in [6, 6.07) is 1.50. The molecule has 1 aromatic rings. The van der Waals surface area contributed by atoms with Gasteiger partial charge in [-0.25, -0.2) is 0 Å². The van der Waals surface area contributed by atoms with Crippen molar-refractivity contribution in [3.8, 4) is 0 Å². The van der Waals surface area contributed by atoms with E-state index in [1.54, 1.807) is 19.3 Å². The molecule has 1 aliphatic rings. The minimum atomic E-state index is -0.123. The molecule has 0 aromatic carbocycles. The Hall–Kier alpha value is -1.14. The lowest BCUT2D eigenvalue weighted by atomic mass is 10.2. The van der Waals surface area contributed by atoms with E-state index in [4.69, 9.17) is 0 Å². The van der Waals surface area contributed by atoms with Crippen LogP contribution in [0.25, 0.3) is 0 Å². The molecule has 1 aromatic heterocycles. The maximum absolute atomic E-state index is 11.8. The summed E-state index contributed by atoms with van der Waals surface area (Å²) in [4.78, 5) is 23.3. The maximum Gasteiger partial charge on any atom is 0.264 e. The average Bonchev–Trinajstić information content (AvgIpc) is 2.79. The van der Waals surface area contributed by atoms with Crippen molar-refractivity contribution in [2.24, 2.45) is 7.05 Å². The quantitative estimate of drug-likeness (QED) is 0.851. The van der Waals surface area contributed by atoms with E-state index in [1.165, 1.54) is 4.57 Å². The first-order chi connectivity index (χ1) is 8.08. The van der Waals surface area contributed by atoms with Gasteiger partial charge >= 0.3 is 0 Å². The van der Waals surface area contributed by atoms with Crippen molar-refractivity contribution in [3.63, 3.8) is 0 Å². The van der Waals surface area contributed by atoms with E-state index in [-0.39, 0.29) is 17.5 Å². The number of carbonyl (C=O) groups is 1. The minimum Gasteiger partial charge on any atom is -0.323 e. The van der Waals surface area contributed by atoms with Crippen LogP contribution < -0.4 is 16.2 Å². The molecule has 17 heavy (non-hydrogen) atoms. The van der Waals surface area contributed by atoms with Gasteiger partial charge in [-0.05, 0) is 41.4 Å². The van der Waals surface area contributed by atoms with Crippen molar-refractivity contribution in [1.82, 2.24) is 9.88 Å². The van der Waals surface area contributed by atoms with E-state index in [0.717, 1.165) is 19.4 Å². The number of aromatic nitrogens is 1. The first kappa shape index (κ1) is 12.3. The van der Waals surface area contributed by atoms with Gasteiger partial charge in [-0.2, -0.15) is 0 Å². The van der Waals surface area contributed by atoms with Crippen LogP contribution in [0, 0.1) is 0 Å². The Labute approximate surface area is 107 Å². The lowest BCUT2D eigenvalue weighted by Gasteiger charge is -2.12. The Morgan fingerprint density at radius 1 is 1.65 bits per heavy atom. The van der Waals surface area contributed by atoms with Gasteiger partial charge in [0.05, 0.1) is 16.2 Å². The fraction of sp³-hybridized carbons (Fsp3) is 0.455. The lowest BCUT2D eigenvalue weighted by Crippen LogP contribution is -2.35. The van der Waals surface area contributed by atoms with Gasteiger partial charge in [-0.15, -0.1) is 0 Å². The molecule has 2 N–H and O–H groups in total. The zero-order chi connectivity index (χ0) is 12.4. The van der Waals surface area contributed by atoms with E-state index < -0.39 is 0 Å². The number of halogens is 1. The van der Waals surface area contributed by atoms with Crippen LogP contribution >= 0.6 is 15.9 Å². The van der Waals surface area contributed by atoms with Crippen molar-refractivity contribution in [2.45, 2.75) is 18.9 Å². The summed E-state index contributed by atoms with van der Waals surface area (Å²) < 4.78 is 1.87. The Morgan fingerprint density at radius 2 is 2.41 bits per heavy atom. The summed E-state index contributed by atoms with van der Waals surface area (Å²) >= 11 is 3.17. The standard InChI is InChI=1S/C11H14BrN3O2/c1-15-6-7(5-8(12)11(15)17)14-10(16)9-3-2-4-13-9/h5-6,9,13H,2-4H2,1H3,(H,14,16). The van der Waals surface area contributed by atoms with Crippen molar-refractivity contribution in [3.05, 3.63) is 27.1 Å².